The van der Waals surface area contributed by atoms with Crippen LogP contribution in [0.1, 0.15) is 11.7 Å². The van der Waals surface area contributed by atoms with E-state index in [1.54, 1.807) is 0 Å². The molecule has 0 radical (unpaired) electrons. The SMILES string of the molecule is CN1CCN(CCc2noc(CN)n2)CC1. The largest absolute Gasteiger partial charge is 0.338 e. The first-order valence-electron chi connectivity index (χ1n) is 5.70. The fourth-order valence-corrected chi connectivity index (χ4v) is 1.80. The number of aromatic nitrogens is 2. The maximum Gasteiger partial charge on any atom is 0.240 e. The second-order valence-electron chi connectivity index (χ2n) is 4.20. The van der Waals surface area contributed by atoms with Crippen LogP contribution in [0.25, 0.3) is 0 Å². The molecule has 0 atom stereocenters. The predicted octanol–water partition coefficient (Wildman–Crippen LogP) is -0.682. The van der Waals surface area contributed by atoms with E-state index >= 15 is 0 Å². The van der Waals surface area contributed by atoms with Gasteiger partial charge in [0.15, 0.2) is 5.82 Å². The molecule has 1 aromatic rings. The Morgan fingerprint density at radius 1 is 1.31 bits per heavy atom. The van der Waals surface area contributed by atoms with E-state index in [4.69, 9.17) is 10.3 Å². The molecule has 6 nitrogen and oxygen atoms in total. The Morgan fingerprint density at radius 2 is 2.06 bits per heavy atom. The third kappa shape index (κ3) is 3.01. The molecule has 0 unspecified atom stereocenters. The number of likely N-dealkylation sites (N-methyl/N-ethyl adjacent to an activating group) is 1. The smallest absolute Gasteiger partial charge is 0.240 e. The molecule has 0 aliphatic carbocycles. The number of rotatable bonds is 4. The fourth-order valence-electron chi connectivity index (χ4n) is 1.80. The van der Waals surface area contributed by atoms with Gasteiger partial charge in [0.2, 0.25) is 5.89 Å². The summed E-state index contributed by atoms with van der Waals surface area (Å²) in [5.41, 5.74) is 5.41. The average molecular weight is 225 g/mol. The van der Waals surface area contributed by atoms with Crippen LogP contribution in [0.4, 0.5) is 0 Å². The molecule has 0 bridgehead atoms. The first kappa shape index (κ1) is 11.5. The fraction of sp³-hybridized carbons (Fsp3) is 0.800. The summed E-state index contributed by atoms with van der Waals surface area (Å²) in [6, 6.07) is 0. The number of hydrogen-bond donors (Lipinski definition) is 1. The van der Waals surface area contributed by atoms with Gasteiger partial charge in [-0.05, 0) is 7.05 Å². The zero-order valence-electron chi connectivity index (χ0n) is 9.72. The molecule has 0 spiro atoms. The second-order valence-corrected chi connectivity index (χ2v) is 4.20. The summed E-state index contributed by atoms with van der Waals surface area (Å²) >= 11 is 0. The Balaban J connectivity index is 1.74. The molecule has 16 heavy (non-hydrogen) atoms. The van der Waals surface area contributed by atoms with Crippen molar-refractivity contribution in [2.24, 2.45) is 5.73 Å². The summed E-state index contributed by atoms with van der Waals surface area (Å²) in [5, 5.41) is 3.88. The first-order chi connectivity index (χ1) is 7.78. The molecule has 2 N–H and O–H groups in total. The monoisotopic (exact) mass is 225 g/mol. The Labute approximate surface area is 95.4 Å². The standard InChI is InChI=1S/C10H19N5O/c1-14-4-6-15(7-5-14)3-2-9-12-10(8-11)16-13-9/h2-8,11H2,1H3. The van der Waals surface area contributed by atoms with Gasteiger partial charge in [-0.1, -0.05) is 5.16 Å². The van der Waals surface area contributed by atoms with Gasteiger partial charge in [0.05, 0.1) is 6.54 Å². The van der Waals surface area contributed by atoms with Crippen LogP contribution in [0.3, 0.4) is 0 Å². The third-order valence-electron chi connectivity index (χ3n) is 2.93. The van der Waals surface area contributed by atoms with E-state index in [2.05, 4.69) is 27.0 Å². The normalized spacial score (nSPS) is 19.1. The molecule has 1 aromatic heterocycles. The predicted molar refractivity (Wildman–Crippen MR) is 59.8 cm³/mol. The maximum absolute atomic E-state index is 5.41. The van der Waals surface area contributed by atoms with Gasteiger partial charge in [-0.25, -0.2) is 0 Å². The van der Waals surface area contributed by atoms with Crippen molar-refractivity contribution >= 4 is 0 Å². The Morgan fingerprint density at radius 3 is 2.69 bits per heavy atom. The van der Waals surface area contributed by atoms with E-state index in [9.17, 15) is 0 Å². The quantitative estimate of drug-likeness (QED) is 0.732. The van der Waals surface area contributed by atoms with Gasteiger partial charge in [-0.3, -0.25) is 0 Å². The van der Waals surface area contributed by atoms with E-state index in [-0.39, 0.29) is 0 Å². The lowest BCUT2D eigenvalue weighted by Crippen LogP contribution is -2.45. The number of piperazine rings is 1. The van der Waals surface area contributed by atoms with Crippen LogP contribution in [0, 0.1) is 0 Å². The molecule has 0 saturated carbocycles. The molecule has 6 heteroatoms. The maximum atomic E-state index is 5.41. The van der Waals surface area contributed by atoms with Gasteiger partial charge in [-0.2, -0.15) is 4.98 Å². The highest BCUT2D eigenvalue weighted by atomic mass is 16.5. The molecule has 1 aliphatic heterocycles. The van der Waals surface area contributed by atoms with Crippen molar-refractivity contribution in [3.05, 3.63) is 11.7 Å². The summed E-state index contributed by atoms with van der Waals surface area (Å²) < 4.78 is 4.96. The van der Waals surface area contributed by atoms with Gasteiger partial charge in [0, 0.05) is 39.1 Å². The van der Waals surface area contributed by atoms with E-state index < -0.39 is 0 Å². The molecular weight excluding hydrogens is 206 g/mol. The van der Waals surface area contributed by atoms with Crippen LogP contribution < -0.4 is 5.73 Å². The topological polar surface area (TPSA) is 71.4 Å². The van der Waals surface area contributed by atoms with Gasteiger partial charge in [0.1, 0.15) is 0 Å². The van der Waals surface area contributed by atoms with Crippen molar-refractivity contribution in [1.29, 1.82) is 0 Å². The number of hydrogen-bond acceptors (Lipinski definition) is 6. The van der Waals surface area contributed by atoms with Crippen molar-refractivity contribution in [3.63, 3.8) is 0 Å². The molecule has 90 valence electrons. The summed E-state index contributed by atoms with van der Waals surface area (Å²) in [6.45, 7) is 5.84. The van der Waals surface area contributed by atoms with E-state index in [1.165, 1.54) is 0 Å². The Kier molecular flexibility index (Phi) is 3.87. The first-order valence-corrected chi connectivity index (χ1v) is 5.70. The van der Waals surface area contributed by atoms with Crippen molar-refractivity contribution in [3.8, 4) is 0 Å². The van der Waals surface area contributed by atoms with Crippen molar-refractivity contribution in [2.45, 2.75) is 13.0 Å². The highest BCUT2D eigenvalue weighted by Gasteiger charge is 2.14. The average Bonchev–Trinajstić information content (AvgIpc) is 2.76. The number of nitrogens with two attached hydrogens (primary N) is 1. The minimum absolute atomic E-state index is 0.321. The van der Waals surface area contributed by atoms with Crippen molar-refractivity contribution in [1.82, 2.24) is 19.9 Å². The summed E-state index contributed by atoms with van der Waals surface area (Å²) in [4.78, 5) is 8.96. The summed E-state index contributed by atoms with van der Waals surface area (Å²) in [7, 11) is 2.16. The van der Waals surface area contributed by atoms with Gasteiger partial charge in [0.25, 0.3) is 0 Å². The summed E-state index contributed by atoms with van der Waals surface area (Å²) in [5.74, 6) is 1.28. The van der Waals surface area contributed by atoms with Crippen LogP contribution in [0.15, 0.2) is 4.52 Å². The van der Waals surface area contributed by atoms with Crippen LogP contribution in [0.2, 0.25) is 0 Å². The van der Waals surface area contributed by atoms with Crippen molar-refractivity contribution < 1.29 is 4.52 Å². The zero-order valence-corrected chi connectivity index (χ0v) is 9.72. The van der Waals surface area contributed by atoms with Crippen LogP contribution in [-0.4, -0.2) is 59.7 Å². The molecule has 2 heterocycles. The van der Waals surface area contributed by atoms with Crippen LogP contribution >= 0.6 is 0 Å². The zero-order chi connectivity index (χ0) is 11.4. The van der Waals surface area contributed by atoms with Crippen LogP contribution in [0.5, 0.6) is 0 Å². The second kappa shape index (κ2) is 5.38. The number of nitrogens with zero attached hydrogens (tertiary/aromatic N) is 4. The minimum Gasteiger partial charge on any atom is -0.338 e. The van der Waals surface area contributed by atoms with Gasteiger partial charge in [-0.15, -0.1) is 0 Å². The van der Waals surface area contributed by atoms with Crippen LogP contribution in [-0.2, 0) is 13.0 Å². The summed E-state index contributed by atoms with van der Waals surface area (Å²) in [6.07, 6.45) is 0.840. The lowest BCUT2D eigenvalue weighted by Gasteiger charge is -2.31. The molecule has 1 saturated heterocycles. The minimum atomic E-state index is 0.321. The van der Waals surface area contributed by atoms with Gasteiger partial charge < -0.3 is 20.1 Å². The molecule has 0 amide bonds. The Hall–Kier alpha value is -0.980. The Bertz CT molecular complexity index is 319. The highest BCUT2D eigenvalue weighted by Crippen LogP contribution is 2.02. The highest BCUT2D eigenvalue weighted by molar-refractivity contribution is 4.87. The third-order valence-corrected chi connectivity index (χ3v) is 2.93. The lowest BCUT2D eigenvalue weighted by atomic mass is 10.3. The molecule has 2 rings (SSSR count). The van der Waals surface area contributed by atoms with E-state index in [0.29, 0.717) is 12.4 Å². The molecule has 1 aliphatic rings. The van der Waals surface area contributed by atoms with E-state index in [0.717, 1.165) is 45.0 Å². The molecule has 1 fully saturated rings. The molecular formula is C10H19N5O. The van der Waals surface area contributed by atoms with E-state index in [1.807, 2.05) is 0 Å². The van der Waals surface area contributed by atoms with Crippen molar-refractivity contribution in [2.75, 3.05) is 39.8 Å². The lowest BCUT2D eigenvalue weighted by molar-refractivity contribution is 0.154. The van der Waals surface area contributed by atoms with Gasteiger partial charge >= 0.3 is 0 Å². The molecule has 0 aromatic carbocycles.